The first-order valence-corrected chi connectivity index (χ1v) is 11.6. The number of carbonyl (C=O) groups excluding carboxylic acids is 1. The Balaban J connectivity index is 1.68. The van der Waals surface area contributed by atoms with Gasteiger partial charge in [0.15, 0.2) is 17.4 Å². The van der Waals surface area contributed by atoms with Crippen LogP contribution in [-0.4, -0.2) is 31.1 Å². The number of carbonyl (C=O) groups is 1. The average Bonchev–Trinajstić information content (AvgIpc) is 2.84. The first-order chi connectivity index (χ1) is 16.3. The van der Waals surface area contributed by atoms with Crippen LogP contribution in [0.2, 0.25) is 5.02 Å². The van der Waals surface area contributed by atoms with Crippen molar-refractivity contribution in [1.29, 1.82) is 0 Å². The second-order valence-electron chi connectivity index (χ2n) is 7.46. The van der Waals surface area contributed by atoms with Crippen molar-refractivity contribution in [3.63, 3.8) is 0 Å². The fourth-order valence-electron chi connectivity index (χ4n) is 3.58. The van der Waals surface area contributed by atoms with E-state index in [1.54, 1.807) is 36.8 Å². The Bertz CT molecular complexity index is 1400. The lowest BCUT2D eigenvalue weighted by atomic mass is 9.97. The predicted molar refractivity (Wildman–Crippen MR) is 125 cm³/mol. The molecule has 0 saturated carbocycles. The van der Waals surface area contributed by atoms with Gasteiger partial charge in [-0.3, -0.25) is 19.0 Å². The minimum atomic E-state index is -2.43. The molecule has 2 aromatic carbocycles. The van der Waals surface area contributed by atoms with E-state index in [4.69, 9.17) is 11.6 Å². The molecule has 4 aromatic rings. The smallest absolute Gasteiger partial charge is 0.197 e. The van der Waals surface area contributed by atoms with Crippen molar-refractivity contribution in [3.8, 4) is 11.1 Å². The number of ketones is 1. The Labute approximate surface area is 201 Å². The van der Waals surface area contributed by atoms with Crippen molar-refractivity contribution in [1.82, 2.24) is 14.7 Å². The van der Waals surface area contributed by atoms with Gasteiger partial charge in [0, 0.05) is 58.5 Å². The fraction of sp³-hybridized carbons (Fsp3) is 0.125. The second-order valence-corrected chi connectivity index (χ2v) is 8.59. The fourth-order valence-corrected chi connectivity index (χ4v) is 4.21. The van der Waals surface area contributed by atoms with Crippen LogP contribution in [0.3, 0.4) is 0 Å². The van der Waals surface area contributed by atoms with Crippen molar-refractivity contribution in [2.75, 3.05) is 6.54 Å². The van der Waals surface area contributed by atoms with Gasteiger partial charge in [0.25, 0.3) is 0 Å². The number of fused-ring (bicyclic) bond motifs is 1. The van der Waals surface area contributed by atoms with E-state index in [0.29, 0.717) is 10.9 Å². The molecule has 1 N–H and O–H groups in total. The summed E-state index contributed by atoms with van der Waals surface area (Å²) in [6.07, 6.45) is 5.46. The lowest BCUT2D eigenvalue weighted by Crippen LogP contribution is -2.18. The topological polar surface area (TPSA) is 95.0 Å². The highest BCUT2D eigenvalue weighted by Crippen LogP contribution is 2.30. The molecule has 4 rings (SSSR count). The molecule has 34 heavy (non-hydrogen) atoms. The lowest BCUT2D eigenvalue weighted by molar-refractivity contribution is 0.103. The number of hydrogen-bond donors (Lipinski definition) is 1. The number of pyridine rings is 2. The summed E-state index contributed by atoms with van der Waals surface area (Å²) in [6, 6.07) is 11.1. The monoisotopic (exact) mass is 500 g/mol. The number of aryl methyl sites for hydroxylation is 1. The van der Waals surface area contributed by atoms with Crippen LogP contribution in [-0.2, 0) is 17.7 Å². The molecule has 2 heterocycles. The zero-order valence-electron chi connectivity index (χ0n) is 17.6. The van der Waals surface area contributed by atoms with Crippen molar-refractivity contribution >= 4 is 39.6 Å². The standard InChI is InChI=1S/C24H18ClF2N3O3S/c25-22-14(3-2-8-30-34(32)33)11-19(26)23(27)21(22)24(31)15-5-6-20-17(9-15)10-18(13-29-20)16-4-1-7-28-12-16/h1,4-7,9-13,30H,2-3,8H2,(H,32,33)/p-1. The zero-order chi connectivity index (χ0) is 24.2. The van der Waals surface area contributed by atoms with Crippen molar-refractivity contribution in [2.45, 2.75) is 12.8 Å². The molecule has 2 aromatic heterocycles. The van der Waals surface area contributed by atoms with E-state index in [2.05, 4.69) is 14.7 Å². The summed E-state index contributed by atoms with van der Waals surface area (Å²) >= 11 is 3.88. The third kappa shape index (κ3) is 5.18. The lowest BCUT2D eigenvalue weighted by Gasteiger charge is -2.13. The van der Waals surface area contributed by atoms with Gasteiger partial charge >= 0.3 is 0 Å². The van der Waals surface area contributed by atoms with Crippen molar-refractivity contribution < 1.29 is 22.3 Å². The van der Waals surface area contributed by atoms with Crippen LogP contribution in [0, 0.1) is 11.6 Å². The summed E-state index contributed by atoms with van der Waals surface area (Å²) in [5.41, 5.74) is 2.02. The molecule has 1 atom stereocenters. The Morgan fingerprint density at radius 1 is 1.12 bits per heavy atom. The molecule has 1 unspecified atom stereocenters. The van der Waals surface area contributed by atoms with Crippen LogP contribution in [0.5, 0.6) is 0 Å². The molecule has 0 radical (unpaired) electrons. The highest BCUT2D eigenvalue weighted by Gasteiger charge is 2.24. The van der Waals surface area contributed by atoms with Gasteiger partial charge in [-0.15, -0.1) is 0 Å². The van der Waals surface area contributed by atoms with Crippen LogP contribution in [0.1, 0.15) is 27.9 Å². The van der Waals surface area contributed by atoms with Gasteiger partial charge in [-0.05, 0) is 54.8 Å². The molecule has 174 valence electrons. The quantitative estimate of drug-likeness (QED) is 0.163. The maximum Gasteiger partial charge on any atom is 0.197 e. The van der Waals surface area contributed by atoms with Gasteiger partial charge in [0.05, 0.1) is 16.1 Å². The Morgan fingerprint density at radius 3 is 2.68 bits per heavy atom. The van der Waals surface area contributed by atoms with Crippen LogP contribution < -0.4 is 4.72 Å². The Morgan fingerprint density at radius 2 is 1.94 bits per heavy atom. The summed E-state index contributed by atoms with van der Waals surface area (Å²) in [5.74, 6) is -3.31. The molecule has 0 bridgehead atoms. The summed E-state index contributed by atoms with van der Waals surface area (Å²) in [6.45, 7) is 0.0889. The molecule has 0 spiro atoms. The SMILES string of the molecule is O=C(c1ccc2ncc(-c3cccnc3)cc2c1)c1c(F)c(F)cc(CCCNS(=O)[O-])c1Cl. The van der Waals surface area contributed by atoms with Gasteiger partial charge in [0.2, 0.25) is 0 Å². The molecule has 0 aliphatic carbocycles. The third-order valence-electron chi connectivity index (χ3n) is 5.24. The minimum absolute atomic E-state index is 0.0889. The Kier molecular flexibility index (Phi) is 7.38. The molecule has 10 heteroatoms. The maximum absolute atomic E-state index is 14.7. The Hall–Kier alpha value is -3.11. The minimum Gasteiger partial charge on any atom is -0.760 e. The van der Waals surface area contributed by atoms with Crippen LogP contribution in [0.25, 0.3) is 22.0 Å². The highest BCUT2D eigenvalue weighted by atomic mass is 35.5. The number of aromatic nitrogens is 2. The molecule has 0 amide bonds. The summed E-state index contributed by atoms with van der Waals surface area (Å²) in [4.78, 5) is 21.7. The summed E-state index contributed by atoms with van der Waals surface area (Å²) < 4.78 is 52.3. The normalized spacial score (nSPS) is 12.1. The number of hydrogen-bond acceptors (Lipinski definition) is 5. The van der Waals surface area contributed by atoms with E-state index in [1.807, 2.05) is 12.1 Å². The number of rotatable bonds is 8. The molecule has 0 aliphatic heterocycles. The first-order valence-electron chi connectivity index (χ1n) is 10.2. The number of nitrogens with one attached hydrogen (secondary N) is 1. The average molecular weight is 501 g/mol. The molecular formula is C24H17ClF2N3O3S-. The van der Waals surface area contributed by atoms with E-state index in [0.717, 1.165) is 17.2 Å². The molecule has 0 fully saturated rings. The van der Waals surface area contributed by atoms with E-state index >= 15 is 0 Å². The van der Waals surface area contributed by atoms with Gasteiger partial charge in [-0.1, -0.05) is 17.7 Å². The maximum atomic E-state index is 14.7. The molecule has 0 saturated heterocycles. The number of benzene rings is 2. The summed E-state index contributed by atoms with van der Waals surface area (Å²) in [5, 5.41) is 0.437. The largest absolute Gasteiger partial charge is 0.760 e. The number of nitrogens with zero attached hydrogens (tertiary/aromatic N) is 2. The highest BCUT2D eigenvalue weighted by molar-refractivity contribution is 7.77. The summed E-state index contributed by atoms with van der Waals surface area (Å²) in [7, 11) is 0. The van der Waals surface area contributed by atoms with Gasteiger partial charge in [-0.2, -0.15) is 0 Å². The van der Waals surface area contributed by atoms with Crippen LogP contribution in [0.15, 0.2) is 61.1 Å². The number of halogens is 3. The molecular weight excluding hydrogens is 484 g/mol. The predicted octanol–water partition coefficient (Wildman–Crippen LogP) is 4.78. The van der Waals surface area contributed by atoms with Gasteiger partial charge in [0.1, 0.15) is 0 Å². The van der Waals surface area contributed by atoms with E-state index in [9.17, 15) is 22.3 Å². The van der Waals surface area contributed by atoms with Gasteiger partial charge < -0.3 is 4.55 Å². The molecule has 0 aliphatic rings. The van der Waals surface area contributed by atoms with Crippen molar-refractivity contribution in [2.24, 2.45) is 0 Å². The zero-order valence-corrected chi connectivity index (χ0v) is 19.1. The van der Waals surface area contributed by atoms with E-state index in [-0.39, 0.29) is 35.5 Å². The van der Waals surface area contributed by atoms with Gasteiger partial charge in [-0.25, -0.2) is 13.5 Å². The van der Waals surface area contributed by atoms with Crippen LogP contribution in [0.4, 0.5) is 8.78 Å². The van der Waals surface area contributed by atoms with E-state index < -0.39 is 34.2 Å². The van der Waals surface area contributed by atoms with Crippen LogP contribution >= 0.6 is 11.6 Å². The molecule has 6 nitrogen and oxygen atoms in total. The second kappa shape index (κ2) is 10.4. The van der Waals surface area contributed by atoms with Crippen molar-refractivity contribution in [3.05, 3.63) is 94.4 Å². The van der Waals surface area contributed by atoms with E-state index in [1.165, 1.54) is 6.07 Å². The third-order valence-corrected chi connectivity index (χ3v) is 6.11. The first kappa shape index (κ1) is 24.0.